The molecule has 0 saturated carbocycles. The average molecular weight is 303 g/mol. The third kappa shape index (κ3) is 11.4. The summed E-state index contributed by atoms with van der Waals surface area (Å²) in [7, 11) is 0. The lowest BCUT2D eigenvalue weighted by Gasteiger charge is -2.21. The van der Waals surface area contributed by atoms with Crippen LogP contribution in [0, 0.1) is 5.41 Å². The summed E-state index contributed by atoms with van der Waals surface area (Å²) < 4.78 is 4.81. The lowest BCUT2D eigenvalue weighted by Crippen LogP contribution is -2.42. The molecule has 0 saturated heterocycles. The molecule has 21 heavy (non-hydrogen) atoms. The van der Waals surface area contributed by atoms with Crippen molar-refractivity contribution in [2.24, 2.45) is 11.1 Å². The van der Waals surface area contributed by atoms with Crippen LogP contribution < -0.4 is 16.4 Å². The molecule has 4 amide bonds. The van der Waals surface area contributed by atoms with Gasteiger partial charge in [-0.2, -0.15) is 0 Å². The minimum atomic E-state index is -1.01. The number of amides is 4. The minimum absolute atomic E-state index is 0.0784. The zero-order valence-corrected chi connectivity index (χ0v) is 12.1. The van der Waals surface area contributed by atoms with Crippen LogP contribution in [0.1, 0.15) is 26.7 Å². The number of carbonyl (C=O) groups is 4. The number of carbonyl (C=O) groups excluding carboxylic acids is 3. The van der Waals surface area contributed by atoms with Gasteiger partial charge in [-0.05, 0) is 5.41 Å². The summed E-state index contributed by atoms with van der Waals surface area (Å²) in [5, 5.41) is 13.1. The van der Waals surface area contributed by atoms with Crippen LogP contribution in [0.15, 0.2) is 0 Å². The maximum Gasteiger partial charge on any atom is 0.321 e. The lowest BCUT2D eigenvalue weighted by atomic mass is 9.85. The number of hydrogen-bond acceptors (Lipinski definition) is 5. The van der Waals surface area contributed by atoms with Crippen LogP contribution in [0.4, 0.5) is 4.79 Å². The van der Waals surface area contributed by atoms with E-state index in [1.165, 1.54) is 0 Å². The highest BCUT2D eigenvalue weighted by Gasteiger charge is 2.25. The van der Waals surface area contributed by atoms with Crippen molar-refractivity contribution in [3.8, 4) is 0 Å². The van der Waals surface area contributed by atoms with Gasteiger partial charge < -0.3 is 20.9 Å². The maximum atomic E-state index is 11.6. The van der Waals surface area contributed by atoms with Crippen LogP contribution in [0.25, 0.3) is 0 Å². The van der Waals surface area contributed by atoms with Crippen molar-refractivity contribution in [1.29, 1.82) is 0 Å². The molecule has 0 fully saturated rings. The molecular weight excluding hydrogens is 282 g/mol. The van der Waals surface area contributed by atoms with Crippen molar-refractivity contribution < 1.29 is 29.0 Å². The van der Waals surface area contributed by atoms with Gasteiger partial charge in [0, 0.05) is 13.0 Å². The molecule has 0 radical (unpaired) electrons. The van der Waals surface area contributed by atoms with E-state index < -0.39 is 29.2 Å². The Hall–Kier alpha value is -2.16. The molecule has 9 nitrogen and oxygen atoms in total. The zero-order valence-electron chi connectivity index (χ0n) is 12.1. The number of carboxylic acid groups (broad SMARTS) is 1. The first-order chi connectivity index (χ1) is 9.62. The van der Waals surface area contributed by atoms with Gasteiger partial charge in [-0.15, -0.1) is 0 Å². The summed E-state index contributed by atoms with van der Waals surface area (Å²) in [6.07, 6.45) is -0.270. The summed E-state index contributed by atoms with van der Waals surface area (Å²) >= 11 is 0. The van der Waals surface area contributed by atoms with E-state index in [4.69, 9.17) is 15.6 Å². The summed E-state index contributed by atoms with van der Waals surface area (Å²) in [6.45, 7) is 3.18. The highest BCUT2D eigenvalue weighted by molar-refractivity contribution is 5.94. The fourth-order valence-corrected chi connectivity index (χ4v) is 1.53. The Morgan fingerprint density at radius 2 is 1.81 bits per heavy atom. The molecule has 0 aliphatic heterocycles. The molecule has 120 valence electrons. The summed E-state index contributed by atoms with van der Waals surface area (Å²) in [5.74, 6) is -2.20. The van der Waals surface area contributed by atoms with Gasteiger partial charge in [-0.1, -0.05) is 13.8 Å². The Morgan fingerprint density at radius 3 is 2.33 bits per heavy atom. The van der Waals surface area contributed by atoms with E-state index in [0.29, 0.717) is 0 Å². The zero-order chi connectivity index (χ0) is 16.5. The Kier molecular flexibility index (Phi) is 7.99. The highest BCUT2D eigenvalue weighted by Crippen LogP contribution is 2.24. The molecule has 9 heteroatoms. The van der Waals surface area contributed by atoms with Crippen molar-refractivity contribution in [3.05, 3.63) is 0 Å². The first kappa shape index (κ1) is 18.8. The summed E-state index contributed by atoms with van der Waals surface area (Å²) in [5.41, 5.74) is 4.09. The Morgan fingerprint density at radius 1 is 1.19 bits per heavy atom. The van der Waals surface area contributed by atoms with Gasteiger partial charge in [0.05, 0.1) is 13.0 Å². The van der Waals surface area contributed by atoms with E-state index >= 15 is 0 Å². The molecule has 0 aromatic heterocycles. The fourth-order valence-electron chi connectivity index (χ4n) is 1.53. The van der Waals surface area contributed by atoms with Crippen LogP contribution in [-0.2, 0) is 19.1 Å². The van der Waals surface area contributed by atoms with E-state index in [-0.39, 0.29) is 32.6 Å². The van der Waals surface area contributed by atoms with E-state index in [2.05, 4.69) is 10.6 Å². The molecule has 0 aliphatic rings. The van der Waals surface area contributed by atoms with Crippen LogP contribution in [0.2, 0.25) is 0 Å². The molecule has 0 heterocycles. The molecular formula is C12H21N3O6. The van der Waals surface area contributed by atoms with Crippen LogP contribution >= 0.6 is 0 Å². The smallest absolute Gasteiger partial charge is 0.321 e. The molecule has 0 atom stereocenters. The van der Waals surface area contributed by atoms with Crippen molar-refractivity contribution in [3.63, 3.8) is 0 Å². The number of nitrogens with one attached hydrogen (secondary N) is 2. The number of aliphatic carboxylic acids is 1. The highest BCUT2D eigenvalue weighted by atomic mass is 16.5. The molecule has 0 aromatic rings. The second-order valence-corrected chi connectivity index (χ2v) is 5.23. The quantitative estimate of drug-likeness (QED) is 0.410. The number of urea groups is 1. The lowest BCUT2D eigenvalue weighted by molar-refractivity contribution is -0.139. The minimum Gasteiger partial charge on any atom is -0.481 e. The number of imide groups is 1. The SMILES string of the molecule is CC(C)(CC(=O)O)CC(=O)NC(=O)NCCOCC(N)=O. The van der Waals surface area contributed by atoms with Gasteiger partial charge in [-0.25, -0.2) is 4.79 Å². The van der Waals surface area contributed by atoms with E-state index in [0.717, 1.165) is 0 Å². The third-order valence-corrected chi connectivity index (χ3v) is 2.30. The van der Waals surface area contributed by atoms with Crippen molar-refractivity contribution in [2.75, 3.05) is 19.8 Å². The average Bonchev–Trinajstić information content (AvgIpc) is 2.24. The summed E-state index contributed by atoms with van der Waals surface area (Å²) in [4.78, 5) is 43.9. The van der Waals surface area contributed by atoms with E-state index in [9.17, 15) is 19.2 Å². The predicted molar refractivity (Wildman–Crippen MR) is 72.2 cm³/mol. The van der Waals surface area contributed by atoms with Gasteiger partial charge in [0.1, 0.15) is 6.61 Å². The van der Waals surface area contributed by atoms with Crippen molar-refractivity contribution in [1.82, 2.24) is 10.6 Å². The van der Waals surface area contributed by atoms with Gasteiger partial charge in [0.2, 0.25) is 11.8 Å². The third-order valence-electron chi connectivity index (χ3n) is 2.30. The number of primary amides is 1. The number of ether oxygens (including phenoxy) is 1. The second kappa shape index (κ2) is 8.90. The number of rotatable bonds is 9. The van der Waals surface area contributed by atoms with Gasteiger partial charge >= 0.3 is 12.0 Å². The maximum absolute atomic E-state index is 11.6. The summed E-state index contributed by atoms with van der Waals surface area (Å²) in [6, 6.07) is -0.714. The van der Waals surface area contributed by atoms with E-state index in [1.54, 1.807) is 13.8 Å². The topological polar surface area (TPSA) is 148 Å². The number of nitrogens with two attached hydrogens (primary N) is 1. The van der Waals surface area contributed by atoms with Crippen molar-refractivity contribution >= 4 is 23.8 Å². The normalized spacial score (nSPS) is 10.8. The van der Waals surface area contributed by atoms with Crippen molar-refractivity contribution in [2.45, 2.75) is 26.7 Å². The first-order valence-electron chi connectivity index (χ1n) is 6.28. The first-order valence-corrected chi connectivity index (χ1v) is 6.28. The fraction of sp³-hybridized carbons (Fsp3) is 0.667. The molecule has 5 N–H and O–H groups in total. The largest absolute Gasteiger partial charge is 0.481 e. The van der Waals surface area contributed by atoms with Gasteiger partial charge in [-0.3, -0.25) is 19.7 Å². The Labute approximate surface area is 122 Å². The van der Waals surface area contributed by atoms with Gasteiger partial charge in [0.15, 0.2) is 0 Å². The van der Waals surface area contributed by atoms with Crippen LogP contribution in [-0.4, -0.2) is 48.7 Å². The monoisotopic (exact) mass is 303 g/mol. The Bertz CT molecular complexity index is 408. The molecule has 0 spiro atoms. The molecule has 0 bridgehead atoms. The van der Waals surface area contributed by atoms with E-state index in [1.807, 2.05) is 0 Å². The standard InChI is InChI=1S/C12H21N3O6/c1-12(2,6-10(18)19)5-9(17)15-11(20)14-3-4-21-7-8(13)16/h3-7H2,1-2H3,(H2,13,16)(H,18,19)(H2,14,15,17,20). The number of hydrogen-bond donors (Lipinski definition) is 4. The Balaban J connectivity index is 3.91. The molecule has 0 unspecified atom stereocenters. The molecule has 0 aromatic carbocycles. The number of carboxylic acids is 1. The van der Waals surface area contributed by atoms with Crippen LogP contribution in [0.5, 0.6) is 0 Å². The van der Waals surface area contributed by atoms with Crippen LogP contribution in [0.3, 0.4) is 0 Å². The van der Waals surface area contributed by atoms with Gasteiger partial charge in [0.25, 0.3) is 0 Å². The molecule has 0 aliphatic carbocycles. The second-order valence-electron chi connectivity index (χ2n) is 5.23. The predicted octanol–water partition coefficient (Wildman–Crippen LogP) is -0.795. The molecule has 0 rings (SSSR count).